The quantitative estimate of drug-likeness (QED) is 0.689. The molecule has 0 aliphatic heterocycles. The van der Waals surface area contributed by atoms with Gasteiger partial charge in [-0.1, -0.05) is 30.3 Å². The van der Waals surface area contributed by atoms with Crippen molar-refractivity contribution in [1.29, 1.82) is 0 Å². The Morgan fingerprint density at radius 2 is 1.95 bits per heavy atom. The minimum atomic E-state index is -0.227. The van der Waals surface area contributed by atoms with Crippen LogP contribution in [-0.2, 0) is 9.53 Å². The first-order valence-corrected chi connectivity index (χ1v) is 6.80. The first-order chi connectivity index (χ1) is 9.24. The van der Waals surface area contributed by atoms with E-state index in [1.807, 2.05) is 30.3 Å². The van der Waals surface area contributed by atoms with Gasteiger partial charge in [-0.05, 0) is 24.8 Å². The Bertz CT molecular complexity index is 360. The lowest BCUT2D eigenvalue weighted by Gasteiger charge is -2.12. The summed E-state index contributed by atoms with van der Waals surface area (Å²) in [5.41, 5.74) is 6.99. The van der Waals surface area contributed by atoms with E-state index in [2.05, 4.69) is 5.32 Å². The maximum atomic E-state index is 11.7. The highest BCUT2D eigenvalue weighted by molar-refractivity contribution is 5.85. The molecule has 0 bridgehead atoms. The Kier molecular flexibility index (Phi) is 11.1. The molecule has 1 atom stereocenters. The summed E-state index contributed by atoms with van der Waals surface area (Å²) in [5.74, 6) is 0.0168. The number of hydrogen-bond acceptors (Lipinski definition) is 3. The van der Waals surface area contributed by atoms with Gasteiger partial charge in [-0.25, -0.2) is 0 Å². The second kappa shape index (κ2) is 11.7. The summed E-state index contributed by atoms with van der Waals surface area (Å²) in [5, 5.41) is 2.90. The molecule has 0 radical (unpaired) electrons. The maximum absolute atomic E-state index is 11.7. The molecule has 1 amide bonds. The fourth-order valence-corrected chi connectivity index (χ4v) is 1.87. The summed E-state index contributed by atoms with van der Waals surface area (Å²) in [7, 11) is 1.70. The largest absolute Gasteiger partial charge is 0.385 e. The fourth-order valence-electron chi connectivity index (χ4n) is 1.87. The molecule has 1 rings (SSSR count). The van der Waals surface area contributed by atoms with E-state index < -0.39 is 0 Å². The van der Waals surface area contributed by atoms with Gasteiger partial charge in [0.05, 0.1) is 0 Å². The van der Waals surface area contributed by atoms with E-state index in [4.69, 9.17) is 10.5 Å². The summed E-state index contributed by atoms with van der Waals surface area (Å²) >= 11 is 0. The van der Waals surface area contributed by atoms with Crippen molar-refractivity contribution in [3.8, 4) is 0 Å². The van der Waals surface area contributed by atoms with Gasteiger partial charge in [0.2, 0.25) is 5.91 Å². The van der Waals surface area contributed by atoms with Crippen molar-refractivity contribution < 1.29 is 9.53 Å². The summed E-state index contributed by atoms with van der Waals surface area (Å²) < 4.78 is 4.97. The number of rotatable bonds is 9. The topological polar surface area (TPSA) is 64.3 Å². The molecule has 0 saturated heterocycles. The van der Waals surface area contributed by atoms with Gasteiger partial charge in [0.1, 0.15) is 0 Å². The molecule has 1 aromatic carbocycles. The summed E-state index contributed by atoms with van der Waals surface area (Å²) in [6.07, 6.45) is 3.42. The monoisotopic (exact) mass is 300 g/mol. The van der Waals surface area contributed by atoms with E-state index in [-0.39, 0.29) is 24.4 Å². The number of unbranched alkanes of at least 4 members (excludes halogenated alkanes) is 2. The van der Waals surface area contributed by atoms with E-state index in [1.54, 1.807) is 7.11 Å². The van der Waals surface area contributed by atoms with E-state index >= 15 is 0 Å². The third-order valence-electron chi connectivity index (χ3n) is 2.98. The van der Waals surface area contributed by atoms with Crippen molar-refractivity contribution in [3.05, 3.63) is 35.9 Å². The predicted octanol–water partition coefficient (Wildman–Crippen LogP) is 2.43. The lowest BCUT2D eigenvalue weighted by atomic mass is 10.0. The maximum Gasteiger partial charge on any atom is 0.221 e. The summed E-state index contributed by atoms with van der Waals surface area (Å²) in [4.78, 5) is 11.7. The van der Waals surface area contributed by atoms with Crippen LogP contribution in [0.2, 0.25) is 0 Å². The van der Waals surface area contributed by atoms with Crippen LogP contribution >= 0.6 is 12.4 Å². The number of carbonyl (C=O) groups excluding carboxylic acids is 1. The van der Waals surface area contributed by atoms with E-state index in [1.165, 1.54) is 0 Å². The van der Waals surface area contributed by atoms with E-state index in [9.17, 15) is 4.79 Å². The van der Waals surface area contributed by atoms with Crippen molar-refractivity contribution >= 4 is 18.3 Å². The first kappa shape index (κ1) is 18.9. The average molecular weight is 301 g/mol. The number of halogens is 1. The Labute approximate surface area is 127 Å². The molecule has 0 heterocycles. The lowest BCUT2D eigenvalue weighted by Crippen LogP contribution is -2.28. The standard InChI is InChI=1S/C15H24N2O2.ClH/c1-19-11-7-3-6-10-17-15(18)12-14(16)13-8-4-2-5-9-13;/h2,4-5,8-9,14H,3,6-7,10-12,16H2,1H3,(H,17,18);1H. The second-order valence-electron chi connectivity index (χ2n) is 4.62. The zero-order valence-electron chi connectivity index (χ0n) is 12.0. The van der Waals surface area contributed by atoms with Crippen molar-refractivity contribution in [2.24, 2.45) is 5.73 Å². The number of nitrogens with two attached hydrogens (primary N) is 1. The highest BCUT2D eigenvalue weighted by atomic mass is 35.5. The molecule has 0 saturated carbocycles. The number of nitrogens with one attached hydrogen (secondary N) is 1. The number of hydrogen-bond donors (Lipinski definition) is 2. The van der Waals surface area contributed by atoms with Gasteiger partial charge < -0.3 is 15.8 Å². The molecule has 1 unspecified atom stereocenters. The smallest absolute Gasteiger partial charge is 0.221 e. The molecular formula is C15H25ClN2O2. The van der Waals surface area contributed by atoms with Gasteiger partial charge in [0, 0.05) is 32.7 Å². The molecule has 0 aliphatic carbocycles. The molecule has 114 valence electrons. The van der Waals surface area contributed by atoms with Crippen LogP contribution in [0.15, 0.2) is 30.3 Å². The predicted molar refractivity (Wildman–Crippen MR) is 84.0 cm³/mol. The molecule has 5 heteroatoms. The van der Waals surface area contributed by atoms with Gasteiger partial charge in [0.15, 0.2) is 0 Å². The number of benzene rings is 1. The molecule has 3 N–H and O–H groups in total. The van der Waals surface area contributed by atoms with Crippen molar-refractivity contribution in [2.75, 3.05) is 20.3 Å². The lowest BCUT2D eigenvalue weighted by molar-refractivity contribution is -0.121. The van der Waals surface area contributed by atoms with Gasteiger partial charge in [0.25, 0.3) is 0 Å². The highest BCUT2D eigenvalue weighted by Gasteiger charge is 2.10. The Balaban J connectivity index is 0.00000361. The minimum Gasteiger partial charge on any atom is -0.385 e. The molecule has 0 fully saturated rings. The zero-order valence-corrected chi connectivity index (χ0v) is 12.8. The summed E-state index contributed by atoms with van der Waals surface area (Å²) in [6.45, 7) is 1.50. The van der Waals surface area contributed by atoms with Crippen LogP contribution in [0.4, 0.5) is 0 Å². The van der Waals surface area contributed by atoms with Crippen LogP contribution < -0.4 is 11.1 Å². The Hall–Kier alpha value is -1.10. The van der Waals surface area contributed by atoms with Crippen molar-refractivity contribution in [2.45, 2.75) is 31.7 Å². The van der Waals surface area contributed by atoms with Crippen LogP contribution in [-0.4, -0.2) is 26.2 Å². The van der Waals surface area contributed by atoms with Crippen LogP contribution in [0.3, 0.4) is 0 Å². The van der Waals surface area contributed by atoms with Gasteiger partial charge in [-0.2, -0.15) is 0 Å². The fraction of sp³-hybridized carbons (Fsp3) is 0.533. The van der Waals surface area contributed by atoms with Crippen LogP contribution in [0.25, 0.3) is 0 Å². The van der Waals surface area contributed by atoms with Gasteiger partial charge in [-0.15, -0.1) is 12.4 Å². The normalized spacial score (nSPS) is 11.5. The SMILES string of the molecule is COCCCCCNC(=O)CC(N)c1ccccc1.Cl. The first-order valence-electron chi connectivity index (χ1n) is 6.80. The third-order valence-corrected chi connectivity index (χ3v) is 2.98. The minimum absolute atomic E-state index is 0. The molecule has 4 nitrogen and oxygen atoms in total. The van der Waals surface area contributed by atoms with Crippen molar-refractivity contribution in [1.82, 2.24) is 5.32 Å². The summed E-state index contributed by atoms with van der Waals surface area (Å²) in [6, 6.07) is 9.47. The van der Waals surface area contributed by atoms with Crippen molar-refractivity contribution in [3.63, 3.8) is 0 Å². The average Bonchev–Trinajstić information content (AvgIpc) is 2.43. The number of methoxy groups -OCH3 is 1. The second-order valence-corrected chi connectivity index (χ2v) is 4.62. The third kappa shape index (κ3) is 8.15. The van der Waals surface area contributed by atoms with E-state index in [0.29, 0.717) is 13.0 Å². The number of ether oxygens (including phenoxy) is 1. The molecule has 0 spiro atoms. The molecule has 20 heavy (non-hydrogen) atoms. The van der Waals surface area contributed by atoms with Crippen LogP contribution in [0.1, 0.15) is 37.3 Å². The Morgan fingerprint density at radius 1 is 1.25 bits per heavy atom. The zero-order chi connectivity index (χ0) is 13.9. The molecule has 0 aliphatic rings. The van der Waals surface area contributed by atoms with Crippen LogP contribution in [0, 0.1) is 0 Å². The molecular weight excluding hydrogens is 276 g/mol. The Morgan fingerprint density at radius 3 is 2.60 bits per heavy atom. The number of carbonyl (C=O) groups is 1. The molecule has 1 aromatic rings. The van der Waals surface area contributed by atoms with E-state index in [0.717, 1.165) is 31.4 Å². The number of amides is 1. The molecule has 0 aromatic heterocycles. The van der Waals surface area contributed by atoms with Gasteiger partial charge in [-0.3, -0.25) is 4.79 Å². The highest BCUT2D eigenvalue weighted by Crippen LogP contribution is 2.12. The van der Waals surface area contributed by atoms with Crippen LogP contribution in [0.5, 0.6) is 0 Å². The van der Waals surface area contributed by atoms with Gasteiger partial charge >= 0.3 is 0 Å².